The third kappa shape index (κ3) is 8.85. The topological polar surface area (TPSA) is 91.7 Å². The zero-order valence-corrected chi connectivity index (χ0v) is 15.3. The van der Waals surface area contributed by atoms with Crippen LogP contribution in [0.4, 0.5) is 11.4 Å². The van der Waals surface area contributed by atoms with E-state index in [-0.39, 0.29) is 30.8 Å². The number of quaternary nitrogens is 1. The van der Waals surface area contributed by atoms with Gasteiger partial charge in [0.05, 0.1) is 6.54 Å². The van der Waals surface area contributed by atoms with Gasteiger partial charge in [0.25, 0.3) is 11.8 Å². The maximum absolute atomic E-state index is 12.2. The van der Waals surface area contributed by atoms with E-state index in [4.69, 9.17) is 0 Å². The van der Waals surface area contributed by atoms with Gasteiger partial charge < -0.3 is 20.9 Å². The molecule has 4 N–H and O–H groups in total. The van der Waals surface area contributed by atoms with Gasteiger partial charge in [-0.25, -0.2) is 0 Å². The summed E-state index contributed by atoms with van der Waals surface area (Å²) in [5.41, 5.74) is 1.33. The third-order valence-corrected chi connectivity index (χ3v) is 3.66. The first-order chi connectivity index (χ1) is 11.9. The van der Waals surface area contributed by atoms with E-state index in [9.17, 15) is 14.4 Å². The van der Waals surface area contributed by atoms with Crippen LogP contribution in [0, 0.1) is 0 Å². The molecule has 0 aliphatic carbocycles. The first-order valence-corrected chi connectivity index (χ1v) is 8.72. The Labute approximate surface area is 149 Å². The Morgan fingerprint density at radius 3 is 2.00 bits per heavy atom. The Morgan fingerprint density at radius 1 is 0.920 bits per heavy atom. The number of rotatable bonds is 10. The van der Waals surface area contributed by atoms with Crippen LogP contribution in [0.1, 0.15) is 33.6 Å². The van der Waals surface area contributed by atoms with Crippen LogP contribution in [-0.4, -0.2) is 43.9 Å². The van der Waals surface area contributed by atoms with E-state index in [0.29, 0.717) is 24.5 Å². The first kappa shape index (κ1) is 20.6. The number of hydrogen-bond donors (Lipinski definition) is 4. The quantitative estimate of drug-likeness (QED) is 0.461. The Morgan fingerprint density at radius 2 is 1.48 bits per heavy atom. The standard InChI is InChI=1S/C18H28N4O3/c1-4-6-11-19-17(24)12-22(5-2)13-18(25)21-16-9-7-15(8-10-16)20-14(3)23/h7-10H,4-6,11-13H2,1-3H3,(H,19,24)(H,20,23)(H,21,25)/p+1. The fraction of sp³-hybridized carbons (Fsp3) is 0.500. The Balaban J connectivity index is 2.44. The van der Waals surface area contributed by atoms with Crippen LogP contribution >= 0.6 is 0 Å². The third-order valence-electron chi connectivity index (χ3n) is 3.66. The van der Waals surface area contributed by atoms with Crippen molar-refractivity contribution in [2.24, 2.45) is 0 Å². The number of likely N-dealkylation sites (N-methyl/N-ethyl adjacent to an activating group) is 1. The lowest BCUT2D eigenvalue weighted by Gasteiger charge is -2.17. The highest BCUT2D eigenvalue weighted by Crippen LogP contribution is 2.13. The summed E-state index contributed by atoms with van der Waals surface area (Å²) in [6.07, 6.45) is 2.00. The van der Waals surface area contributed by atoms with Crippen LogP contribution in [0.5, 0.6) is 0 Å². The number of anilines is 2. The van der Waals surface area contributed by atoms with Gasteiger partial charge in [0.2, 0.25) is 5.91 Å². The van der Waals surface area contributed by atoms with Crippen molar-refractivity contribution in [1.82, 2.24) is 5.32 Å². The molecule has 0 fully saturated rings. The molecule has 0 aliphatic rings. The van der Waals surface area contributed by atoms with Crippen molar-refractivity contribution in [3.05, 3.63) is 24.3 Å². The lowest BCUT2D eigenvalue weighted by Crippen LogP contribution is -3.14. The normalized spacial score (nSPS) is 11.5. The van der Waals surface area contributed by atoms with E-state index in [2.05, 4.69) is 22.9 Å². The number of amides is 3. The van der Waals surface area contributed by atoms with Gasteiger partial charge in [-0.15, -0.1) is 0 Å². The molecule has 0 radical (unpaired) electrons. The van der Waals surface area contributed by atoms with E-state index >= 15 is 0 Å². The Kier molecular flexibility index (Phi) is 9.24. The maximum Gasteiger partial charge on any atom is 0.279 e. The molecular weight excluding hydrogens is 320 g/mol. The Bertz CT molecular complexity index is 572. The number of carbonyl (C=O) groups excluding carboxylic acids is 3. The minimum atomic E-state index is -0.148. The van der Waals surface area contributed by atoms with Gasteiger partial charge >= 0.3 is 0 Å². The molecule has 25 heavy (non-hydrogen) atoms. The number of benzene rings is 1. The molecule has 138 valence electrons. The highest BCUT2D eigenvalue weighted by atomic mass is 16.2. The predicted molar refractivity (Wildman–Crippen MR) is 98.5 cm³/mol. The lowest BCUT2D eigenvalue weighted by molar-refractivity contribution is -0.881. The van der Waals surface area contributed by atoms with Crippen molar-refractivity contribution in [1.29, 1.82) is 0 Å². The van der Waals surface area contributed by atoms with Gasteiger partial charge in [-0.1, -0.05) is 13.3 Å². The summed E-state index contributed by atoms with van der Waals surface area (Å²) in [4.78, 5) is 35.9. The number of nitrogens with one attached hydrogen (secondary N) is 4. The van der Waals surface area contributed by atoms with E-state index < -0.39 is 0 Å². The van der Waals surface area contributed by atoms with Gasteiger partial charge in [0, 0.05) is 24.8 Å². The SMILES string of the molecule is CCCCNC(=O)C[NH+](CC)CC(=O)Nc1ccc(NC(C)=O)cc1. The van der Waals surface area contributed by atoms with Gasteiger partial charge in [-0.2, -0.15) is 0 Å². The number of hydrogen-bond acceptors (Lipinski definition) is 3. The second kappa shape index (κ2) is 11.2. The van der Waals surface area contributed by atoms with E-state index in [1.807, 2.05) is 6.92 Å². The summed E-state index contributed by atoms with van der Waals surface area (Å²) >= 11 is 0. The van der Waals surface area contributed by atoms with Crippen LogP contribution in [0.25, 0.3) is 0 Å². The average Bonchev–Trinajstić information content (AvgIpc) is 2.55. The summed E-state index contributed by atoms with van der Waals surface area (Å²) in [7, 11) is 0. The van der Waals surface area contributed by atoms with Crippen molar-refractivity contribution in [2.75, 3.05) is 36.8 Å². The van der Waals surface area contributed by atoms with Crippen molar-refractivity contribution in [3.8, 4) is 0 Å². The molecule has 1 atom stereocenters. The van der Waals surface area contributed by atoms with Crippen LogP contribution in [0.2, 0.25) is 0 Å². The molecule has 0 aromatic heterocycles. The van der Waals surface area contributed by atoms with Crippen molar-refractivity contribution < 1.29 is 19.3 Å². The zero-order valence-electron chi connectivity index (χ0n) is 15.3. The summed E-state index contributed by atoms with van der Waals surface area (Å²) in [5, 5.41) is 8.34. The van der Waals surface area contributed by atoms with E-state index in [1.54, 1.807) is 24.3 Å². The molecule has 0 aliphatic heterocycles. The van der Waals surface area contributed by atoms with Crippen molar-refractivity contribution in [2.45, 2.75) is 33.6 Å². The molecule has 1 unspecified atom stereocenters. The second-order valence-corrected chi connectivity index (χ2v) is 5.97. The zero-order chi connectivity index (χ0) is 18.7. The fourth-order valence-corrected chi connectivity index (χ4v) is 2.28. The molecule has 1 aromatic rings. The molecule has 0 saturated carbocycles. The highest BCUT2D eigenvalue weighted by Gasteiger charge is 2.16. The van der Waals surface area contributed by atoms with E-state index in [1.165, 1.54) is 6.92 Å². The molecule has 1 aromatic carbocycles. The van der Waals surface area contributed by atoms with Crippen LogP contribution in [0.15, 0.2) is 24.3 Å². The largest absolute Gasteiger partial charge is 0.351 e. The molecule has 0 saturated heterocycles. The summed E-state index contributed by atoms with van der Waals surface area (Å²) in [5.74, 6) is -0.320. The molecule has 0 spiro atoms. The monoisotopic (exact) mass is 349 g/mol. The Hall–Kier alpha value is -2.41. The molecule has 3 amide bonds. The second-order valence-electron chi connectivity index (χ2n) is 5.97. The lowest BCUT2D eigenvalue weighted by atomic mass is 10.2. The molecule has 7 nitrogen and oxygen atoms in total. The first-order valence-electron chi connectivity index (χ1n) is 8.72. The van der Waals surface area contributed by atoms with Gasteiger partial charge in [-0.3, -0.25) is 14.4 Å². The maximum atomic E-state index is 12.2. The van der Waals surface area contributed by atoms with Gasteiger partial charge in [-0.05, 0) is 37.6 Å². The van der Waals surface area contributed by atoms with Crippen LogP contribution in [0.3, 0.4) is 0 Å². The number of unbranched alkanes of at least 4 members (excludes halogenated alkanes) is 1. The van der Waals surface area contributed by atoms with Crippen LogP contribution < -0.4 is 20.9 Å². The smallest absolute Gasteiger partial charge is 0.279 e. The molecule has 0 bridgehead atoms. The van der Waals surface area contributed by atoms with Crippen molar-refractivity contribution >= 4 is 29.1 Å². The molecular formula is C18H29N4O3+. The summed E-state index contributed by atoms with van der Waals surface area (Å²) in [6, 6.07) is 6.91. The van der Waals surface area contributed by atoms with Crippen LogP contribution in [-0.2, 0) is 14.4 Å². The molecule has 0 heterocycles. The minimum Gasteiger partial charge on any atom is -0.351 e. The number of carbonyl (C=O) groups is 3. The predicted octanol–water partition coefficient (Wildman–Crippen LogP) is 0.405. The molecule has 7 heteroatoms. The van der Waals surface area contributed by atoms with Crippen molar-refractivity contribution in [3.63, 3.8) is 0 Å². The average molecular weight is 349 g/mol. The van der Waals surface area contributed by atoms with Gasteiger partial charge in [0.1, 0.15) is 0 Å². The van der Waals surface area contributed by atoms with Gasteiger partial charge in [0.15, 0.2) is 13.1 Å². The minimum absolute atomic E-state index is 0.0299. The highest BCUT2D eigenvalue weighted by molar-refractivity contribution is 5.92. The van der Waals surface area contributed by atoms with E-state index in [0.717, 1.165) is 17.7 Å². The fourth-order valence-electron chi connectivity index (χ4n) is 2.28. The summed E-state index contributed by atoms with van der Waals surface area (Å²) in [6.45, 7) is 7.35. The molecule has 1 rings (SSSR count). The summed E-state index contributed by atoms with van der Waals surface area (Å²) < 4.78 is 0.